The molecular weight excluding hydrogens is 314 g/mol. The maximum atomic E-state index is 6.01. The number of benzene rings is 2. The molecule has 0 fully saturated rings. The molecule has 0 aromatic heterocycles. The Morgan fingerprint density at radius 3 is 2.45 bits per heavy atom. The Morgan fingerprint density at radius 2 is 1.75 bits per heavy atom. The molecule has 2 aromatic carbocycles. The van der Waals surface area contributed by atoms with Gasteiger partial charge in [-0.1, -0.05) is 71.4 Å². The van der Waals surface area contributed by atoms with Crippen LogP contribution in [0.15, 0.2) is 54.6 Å². The highest BCUT2D eigenvalue weighted by Gasteiger charge is 2.45. The van der Waals surface area contributed by atoms with E-state index in [1.807, 2.05) is 30.3 Å². The molecule has 0 saturated heterocycles. The Balaban J connectivity index is 2.16. The first kappa shape index (κ1) is 13.7. The van der Waals surface area contributed by atoms with Crippen LogP contribution in [0.4, 0.5) is 0 Å². The van der Waals surface area contributed by atoms with E-state index in [-0.39, 0.29) is 11.5 Å². The van der Waals surface area contributed by atoms with Crippen molar-refractivity contribution in [2.75, 3.05) is 12.4 Å². The molecule has 3 heteroatoms. The van der Waals surface area contributed by atoms with Gasteiger partial charge in [0.25, 0.3) is 0 Å². The van der Waals surface area contributed by atoms with Crippen LogP contribution in [0.2, 0.25) is 0 Å². The van der Waals surface area contributed by atoms with Crippen molar-refractivity contribution in [1.82, 2.24) is 5.06 Å². The zero-order valence-electron chi connectivity index (χ0n) is 11.7. The molecule has 1 aliphatic rings. The van der Waals surface area contributed by atoms with Crippen molar-refractivity contribution in [1.29, 1.82) is 0 Å². The van der Waals surface area contributed by atoms with Crippen molar-refractivity contribution >= 4 is 15.9 Å². The lowest BCUT2D eigenvalue weighted by molar-refractivity contribution is -0.111. The van der Waals surface area contributed by atoms with Gasteiger partial charge in [-0.3, -0.25) is 0 Å². The number of nitrogens with zero attached hydrogens (tertiary/aromatic N) is 1. The normalized spacial score (nSPS) is 25.9. The monoisotopic (exact) mass is 331 g/mol. The number of hydroxylamine groups is 2. The van der Waals surface area contributed by atoms with Gasteiger partial charge in [0.15, 0.2) is 5.75 Å². The van der Waals surface area contributed by atoms with Gasteiger partial charge in [0.2, 0.25) is 0 Å². The van der Waals surface area contributed by atoms with E-state index in [9.17, 15) is 0 Å². The predicted molar refractivity (Wildman–Crippen MR) is 85.2 cm³/mol. The van der Waals surface area contributed by atoms with E-state index in [0.717, 1.165) is 11.1 Å². The highest BCUT2D eigenvalue weighted by atomic mass is 79.9. The number of fused-ring (bicyclic) bond motifs is 1. The minimum atomic E-state index is -0.0368. The van der Waals surface area contributed by atoms with Crippen molar-refractivity contribution in [3.05, 3.63) is 65.7 Å². The van der Waals surface area contributed by atoms with E-state index >= 15 is 0 Å². The SMILES string of the molecule is CN1Oc2ccccc2C(C)(CBr)C1c1ccccc1. The maximum absolute atomic E-state index is 6.01. The van der Waals surface area contributed by atoms with Gasteiger partial charge in [-0.25, -0.2) is 0 Å². The van der Waals surface area contributed by atoms with Gasteiger partial charge < -0.3 is 4.84 Å². The Bertz CT molecular complexity index is 601. The maximum Gasteiger partial charge on any atom is 0.151 e. The molecule has 0 amide bonds. The molecule has 1 aliphatic heterocycles. The van der Waals surface area contributed by atoms with Crippen LogP contribution in [-0.2, 0) is 5.41 Å². The van der Waals surface area contributed by atoms with E-state index in [4.69, 9.17) is 4.84 Å². The number of likely N-dealkylation sites (N-methyl/N-ethyl adjacent to an activating group) is 1. The van der Waals surface area contributed by atoms with Crippen LogP contribution in [-0.4, -0.2) is 17.4 Å². The fraction of sp³-hybridized carbons (Fsp3) is 0.294. The van der Waals surface area contributed by atoms with Crippen molar-refractivity contribution in [3.8, 4) is 5.75 Å². The number of hydrogen-bond acceptors (Lipinski definition) is 2. The second-order valence-corrected chi connectivity index (χ2v) is 6.06. The topological polar surface area (TPSA) is 12.5 Å². The average Bonchev–Trinajstić information content (AvgIpc) is 2.48. The van der Waals surface area contributed by atoms with Crippen molar-refractivity contribution in [3.63, 3.8) is 0 Å². The first-order chi connectivity index (χ1) is 9.66. The first-order valence-corrected chi connectivity index (χ1v) is 7.90. The highest BCUT2D eigenvalue weighted by molar-refractivity contribution is 9.09. The Kier molecular flexibility index (Phi) is 3.57. The number of alkyl halides is 1. The number of para-hydroxylation sites is 1. The highest BCUT2D eigenvalue weighted by Crippen LogP contribution is 2.48. The molecule has 1 heterocycles. The molecule has 0 spiro atoms. The molecular formula is C17H18BrNO. The summed E-state index contributed by atoms with van der Waals surface area (Å²) in [5.41, 5.74) is 2.49. The third-order valence-electron chi connectivity index (χ3n) is 4.10. The summed E-state index contributed by atoms with van der Waals surface area (Å²) >= 11 is 3.72. The number of hydrogen-bond donors (Lipinski definition) is 0. The average molecular weight is 332 g/mol. The summed E-state index contributed by atoms with van der Waals surface area (Å²) in [6, 6.07) is 19.0. The van der Waals surface area contributed by atoms with Crippen LogP contribution in [0.25, 0.3) is 0 Å². The molecule has 2 atom stereocenters. The summed E-state index contributed by atoms with van der Waals surface area (Å²) in [5, 5.41) is 2.85. The summed E-state index contributed by atoms with van der Waals surface area (Å²) < 4.78 is 0. The second-order valence-electron chi connectivity index (χ2n) is 5.50. The Morgan fingerprint density at radius 1 is 1.10 bits per heavy atom. The van der Waals surface area contributed by atoms with Gasteiger partial charge in [0, 0.05) is 23.4 Å². The predicted octanol–water partition coefficient (Wildman–Crippen LogP) is 4.32. The third-order valence-corrected chi connectivity index (χ3v) is 5.27. The molecule has 20 heavy (non-hydrogen) atoms. The molecule has 2 aromatic rings. The Labute approximate surface area is 128 Å². The third kappa shape index (κ3) is 2.05. The van der Waals surface area contributed by atoms with Crippen LogP contribution < -0.4 is 4.84 Å². The lowest BCUT2D eigenvalue weighted by Gasteiger charge is -2.46. The molecule has 0 radical (unpaired) electrons. The molecule has 2 unspecified atom stereocenters. The van der Waals surface area contributed by atoms with E-state index in [1.54, 1.807) is 0 Å². The summed E-state index contributed by atoms with van der Waals surface area (Å²) in [6.45, 7) is 2.29. The summed E-state index contributed by atoms with van der Waals surface area (Å²) in [5.74, 6) is 0.948. The molecule has 2 nitrogen and oxygen atoms in total. The molecule has 0 N–H and O–H groups in total. The largest absolute Gasteiger partial charge is 0.405 e. The van der Waals surface area contributed by atoms with E-state index < -0.39 is 0 Å². The molecule has 104 valence electrons. The van der Waals surface area contributed by atoms with Gasteiger partial charge >= 0.3 is 0 Å². The molecule has 0 saturated carbocycles. The van der Waals surface area contributed by atoms with Gasteiger partial charge in [-0.15, -0.1) is 5.06 Å². The van der Waals surface area contributed by atoms with Crippen molar-refractivity contribution < 1.29 is 4.84 Å². The van der Waals surface area contributed by atoms with E-state index in [2.05, 4.69) is 59.3 Å². The lowest BCUT2D eigenvalue weighted by atomic mass is 9.73. The van der Waals surface area contributed by atoms with Crippen LogP contribution >= 0.6 is 15.9 Å². The zero-order chi connectivity index (χ0) is 14.2. The van der Waals surface area contributed by atoms with Crippen LogP contribution in [0.5, 0.6) is 5.75 Å². The molecule has 0 aliphatic carbocycles. The van der Waals surface area contributed by atoms with Gasteiger partial charge in [-0.05, 0) is 11.6 Å². The van der Waals surface area contributed by atoms with Crippen molar-refractivity contribution in [2.24, 2.45) is 0 Å². The summed E-state index contributed by atoms with van der Waals surface area (Å²) in [4.78, 5) is 6.01. The standard InChI is InChI=1S/C17H18BrNO/c1-17(12-18)14-10-6-7-11-15(14)20-19(2)16(17)13-8-4-3-5-9-13/h3-11,16H,12H2,1-2H3. The number of rotatable bonds is 2. The molecule has 0 bridgehead atoms. The number of halogens is 1. The van der Waals surface area contributed by atoms with Crippen LogP contribution in [0.3, 0.4) is 0 Å². The van der Waals surface area contributed by atoms with Gasteiger partial charge in [0.05, 0.1) is 6.04 Å². The van der Waals surface area contributed by atoms with Crippen molar-refractivity contribution in [2.45, 2.75) is 18.4 Å². The smallest absolute Gasteiger partial charge is 0.151 e. The zero-order valence-corrected chi connectivity index (χ0v) is 13.3. The van der Waals surface area contributed by atoms with Crippen LogP contribution in [0, 0.1) is 0 Å². The fourth-order valence-corrected chi connectivity index (χ4v) is 3.74. The quantitative estimate of drug-likeness (QED) is 0.760. The Hall–Kier alpha value is -1.32. The lowest BCUT2D eigenvalue weighted by Crippen LogP contribution is -2.47. The van der Waals surface area contributed by atoms with E-state index in [1.165, 1.54) is 11.1 Å². The minimum absolute atomic E-state index is 0.0368. The van der Waals surface area contributed by atoms with Crippen LogP contribution in [0.1, 0.15) is 24.1 Å². The van der Waals surface area contributed by atoms with E-state index in [0.29, 0.717) is 0 Å². The summed E-state index contributed by atoms with van der Waals surface area (Å²) in [7, 11) is 2.01. The summed E-state index contributed by atoms with van der Waals surface area (Å²) in [6.07, 6.45) is 0. The second kappa shape index (κ2) is 5.23. The minimum Gasteiger partial charge on any atom is -0.405 e. The first-order valence-electron chi connectivity index (χ1n) is 6.78. The molecule has 3 rings (SSSR count). The van der Waals surface area contributed by atoms with Gasteiger partial charge in [0.1, 0.15) is 0 Å². The van der Waals surface area contributed by atoms with Gasteiger partial charge in [-0.2, -0.15) is 0 Å². The fourth-order valence-electron chi connectivity index (χ4n) is 3.13.